The molecule has 31 heavy (non-hydrogen) atoms. The number of carbonyl (C=O) groups is 2. The van der Waals surface area contributed by atoms with Gasteiger partial charge in [0.2, 0.25) is 0 Å². The Bertz CT molecular complexity index is 1230. The first-order valence-electron chi connectivity index (χ1n) is 8.78. The van der Waals surface area contributed by atoms with Crippen molar-refractivity contribution in [2.24, 2.45) is 0 Å². The SMILES string of the molecule is Nc1c(SO)cc(Nc2cccc(OC(F)(F)F)c2)c2c1C(=O)c1ccccc1C2=O. The van der Waals surface area contributed by atoms with E-state index in [4.69, 9.17) is 5.73 Å². The normalized spacial score (nSPS) is 12.9. The minimum atomic E-state index is -4.87. The van der Waals surface area contributed by atoms with E-state index in [1.54, 1.807) is 12.1 Å². The van der Waals surface area contributed by atoms with E-state index in [9.17, 15) is 27.3 Å². The summed E-state index contributed by atoms with van der Waals surface area (Å²) in [4.78, 5) is 26.4. The summed E-state index contributed by atoms with van der Waals surface area (Å²) in [7, 11) is 0. The third-order valence-electron chi connectivity index (χ3n) is 4.64. The van der Waals surface area contributed by atoms with E-state index in [2.05, 4.69) is 10.1 Å². The van der Waals surface area contributed by atoms with Crippen molar-refractivity contribution in [2.45, 2.75) is 11.3 Å². The molecule has 1 aliphatic rings. The summed E-state index contributed by atoms with van der Waals surface area (Å²) >= 11 is 0.287. The van der Waals surface area contributed by atoms with Crippen LogP contribution in [0, 0.1) is 0 Å². The van der Waals surface area contributed by atoms with Crippen LogP contribution in [0.15, 0.2) is 59.5 Å². The Hall–Kier alpha value is -3.50. The summed E-state index contributed by atoms with van der Waals surface area (Å²) in [5, 5.41) is 2.84. The minimum Gasteiger partial charge on any atom is -0.406 e. The van der Waals surface area contributed by atoms with Gasteiger partial charge in [-0.3, -0.25) is 9.59 Å². The van der Waals surface area contributed by atoms with Gasteiger partial charge >= 0.3 is 6.36 Å². The zero-order valence-electron chi connectivity index (χ0n) is 15.5. The molecule has 0 spiro atoms. The van der Waals surface area contributed by atoms with Crippen molar-refractivity contribution in [1.29, 1.82) is 0 Å². The molecule has 0 fully saturated rings. The third kappa shape index (κ3) is 3.82. The van der Waals surface area contributed by atoms with Crippen LogP contribution in [0.4, 0.5) is 30.2 Å². The number of rotatable bonds is 4. The van der Waals surface area contributed by atoms with E-state index < -0.39 is 23.7 Å². The molecule has 3 aromatic rings. The van der Waals surface area contributed by atoms with Crippen LogP contribution in [0.1, 0.15) is 31.8 Å². The molecule has 0 heterocycles. The number of ketones is 2. The average Bonchev–Trinajstić information content (AvgIpc) is 2.72. The number of nitrogens with one attached hydrogen (secondary N) is 1. The molecule has 0 saturated heterocycles. The van der Waals surface area contributed by atoms with Gasteiger partial charge in [-0.2, -0.15) is 0 Å². The molecule has 0 aliphatic heterocycles. The molecular weight excluding hydrogens is 433 g/mol. The van der Waals surface area contributed by atoms with E-state index in [0.717, 1.165) is 12.1 Å². The number of anilines is 3. The number of carbonyl (C=O) groups excluding carboxylic acids is 2. The number of hydrogen-bond donors (Lipinski definition) is 3. The molecular formula is C21H13F3N2O4S. The first kappa shape index (κ1) is 20.8. The van der Waals surface area contributed by atoms with Gasteiger partial charge in [-0.25, -0.2) is 0 Å². The predicted octanol–water partition coefficient (Wildman–Crippen LogP) is 5.25. The van der Waals surface area contributed by atoms with Crippen molar-refractivity contribution >= 4 is 40.7 Å². The average molecular weight is 446 g/mol. The fourth-order valence-corrected chi connectivity index (χ4v) is 3.77. The Labute approximate surface area is 178 Å². The quantitative estimate of drug-likeness (QED) is 0.291. The minimum absolute atomic E-state index is 0.0267. The smallest absolute Gasteiger partial charge is 0.406 e. The van der Waals surface area contributed by atoms with Crippen molar-refractivity contribution in [3.05, 3.63) is 76.9 Å². The van der Waals surface area contributed by atoms with Crippen LogP contribution in [0.3, 0.4) is 0 Å². The molecule has 1 aliphatic carbocycles. The van der Waals surface area contributed by atoms with Crippen LogP contribution in [0.25, 0.3) is 0 Å². The van der Waals surface area contributed by atoms with Gasteiger partial charge in [0.1, 0.15) is 5.75 Å². The first-order valence-corrected chi connectivity index (χ1v) is 9.56. The van der Waals surface area contributed by atoms with Gasteiger partial charge in [0.25, 0.3) is 0 Å². The Balaban J connectivity index is 1.84. The van der Waals surface area contributed by atoms with E-state index in [-0.39, 0.29) is 56.3 Å². The summed E-state index contributed by atoms with van der Waals surface area (Å²) in [5.41, 5.74) is 6.53. The van der Waals surface area contributed by atoms with Crippen LogP contribution in [-0.2, 0) is 0 Å². The summed E-state index contributed by atoms with van der Waals surface area (Å²) in [6, 6.07) is 12.6. The molecule has 0 atom stereocenters. The van der Waals surface area contributed by atoms with Gasteiger partial charge in [0, 0.05) is 34.9 Å². The highest BCUT2D eigenvalue weighted by atomic mass is 32.2. The number of nitrogen functional groups attached to an aromatic ring is 1. The second-order valence-electron chi connectivity index (χ2n) is 6.58. The molecule has 0 aromatic heterocycles. The molecule has 0 radical (unpaired) electrons. The van der Waals surface area contributed by atoms with E-state index in [0.29, 0.717) is 0 Å². The number of ether oxygens (including phenoxy) is 1. The summed E-state index contributed by atoms with van der Waals surface area (Å²) in [6.07, 6.45) is -4.87. The number of alkyl halides is 3. The first-order chi connectivity index (χ1) is 14.7. The van der Waals surface area contributed by atoms with Crippen LogP contribution >= 0.6 is 12.0 Å². The Morgan fingerprint density at radius 1 is 0.935 bits per heavy atom. The van der Waals surface area contributed by atoms with Gasteiger partial charge in [-0.1, -0.05) is 30.3 Å². The van der Waals surface area contributed by atoms with Gasteiger partial charge in [-0.15, -0.1) is 13.2 Å². The van der Waals surface area contributed by atoms with Crippen molar-refractivity contribution in [3.8, 4) is 5.75 Å². The van der Waals surface area contributed by atoms with Crippen LogP contribution < -0.4 is 15.8 Å². The van der Waals surface area contributed by atoms with Crippen molar-refractivity contribution in [1.82, 2.24) is 0 Å². The number of halogens is 3. The molecule has 4 rings (SSSR count). The number of fused-ring (bicyclic) bond motifs is 2. The standard InChI is InChI=1S/C21H13F3N2O4S/c22-21(23,24)30-11-5-3-4-10(8-11)26-14-9-15(31-29)18(25)17-16(14)19(27)12-6-1-2-7-13(12)20(17)28/h1-9,26,29H,25H2. The molecule has 0 saturated carbocycles. The molecule has 4 N–H and O–H groups in total. The van der Waals surface area contributed by atoms with E-state index >= 15 is 0 Å². The molecule has 0 unspecified atom stereocenters. The fraction of sp³-hybridized carbons (Fsp3) is 0.0476. The second kappa shape index (κ2) is 7.64. The highest BCUT2D eigenvalue weighted by Crippen LogP contribution is 2.41. The van der Waals surface area contributed by atoms with Crippen LogP contribution in [0.2, 0.25) is 0 Å². The van der Waals surface area contributed by atoms with Crippen LogP contribution in [0.5, 0.6) is 5.75 Å². The molecule has 0 amide bonds. The lowest BCUT2D eigenvalue weighted by Gasteiger charge is -2.23. The maximum Gasteiger partial charge on any atom is 0.573 e. The number of nitrogens with two attached hydrogens (primary N) is 1. The van der Waals surface area contributed by atoms with Crippen LogP contribution in [-0.4, -0.2) is 22.5 Å². The number of benzene rings is 3. The van der Waals surface area contributed by atoms with E-state index in [1.807, 2.05) is 0 Å². The largest absolute Gasteiger partial charge is 0.573 e. The summed E-state index contributed by atoms with van der Waals surface area (Å²) in [6.45, 7) is 0. The molecule has 0 bridgehead atoms. The number of hydrogen-bond acceptors (Lipinski definition) is 7. The highest BCUT2D eigenvalue weighted by molar-refractivity contribution is 7.94. The van der Waals surface area contributed by atoms with Gasteiger partial charge in [0.05, 0.1) is 27.4 Å². The topological polar surface area (TPSA) is 102 Å². The third-order valence-corrected chi connectivity index (χ3v) is 5.18. The zero-order valence-corrected chi connectivity index (χ0v) is 16.3. The zero-order chi connectivity index (χ0) is 22.3. The fourth-order valence-electron chi connectivity index (χ4n) is 3.39. The second-order valence-corrected chi connectivity index (χ2v) is 7.20. The van der Waals surface area contributed by atoms with Crippen molar-refractivity contribution in [2.75, 3.05) is 11.1 Å². The lowest BCUT2D eigenvalue weighted by atomic mass is 9.82. The maximum absolute atomic E-state index is 13.2. The molecule has 6 nitrogen and oxygen atoms in total. The van der Waals surface area contributed by atoms with Gasteiger partial charge < -0.3 is 20.3 Å². The summed E-state index contributed by atoms with van der Waals surface area (Å²) in [5.74, 6) is -1.43. The maximum atomic E-state index is 13.2. The Morgan fingerprint density at radius 2 is 1.58 bits per heavy atom. The summed E-state index contributed by atoms with van der Waals surface area (Å²) < 4.78 is 51.1. The Kier molecular flexibility index (Phi) is 5.11. The highest BCUT2D eigenvalue weighted by Gasteiger charge is 2.35. The van der Waals surface area contributed by atoms with Crippen molar-refractivity contribution in [3.63, 3.8) is 0 Å². The van der Waals surface area contributed by atoms with Gasteiger partial charge in [-0.05, 0) is 18.2 Å². The monoisotopic (exact) mass is 446 g/mol. The lowest BCUT2D eigenvalue weighted by molar-refractivity contribution is -0.274. The Morgan fingerprint density at radius 3 is 2.19 bits per heavy atom. The molecule has 3 aromatic carbocycles. The van der Waals surface area contributed by atoms with E-state index in [1.165, 1.54) is 30.3 Å². The molecule has 10 heteroatoms. The van der Waals surface area contributed by atoms with Gasteiger partial charge in [0.15, 0.2) is 11.6 Å². The molecule has 158 valence electrons. The lowest BCUT2D eigenvalue weighted by Crippen LogP contribution is -2.24. The van der Waals surface area contributed by atoms with Crippen molar-refractivity contribution < 1.29 is 32.0 Å². The predicted molar refractivity (Wildman–Crippen MR) is 109 cm³/mol.